The lowest BCUT2D eigenvalue weighted by molar-refractivity contribution is 0.979. The van der Waals surface area contributed by atoms with Crippen molar-refractivity contribution in [2.24, 2.45) is 0 Å². The summed E-state index contributed by atoms with van der Waals surface area (Å²) in [6.07, 6.45) is 0. The van der Waals surface area contributed by atoms with Crippen molar-refractivity contribution in [3.63, 3.8) is 0 Å². The monoisotopic (exact) mass is 335 g/mol. The average Bonchev–Trinajstić information content (AvgIpc) is 2.72. The maximum atomic E-state index is 3.59. The summed E-state index contributed by atoms with van der Waals surface area (Å²) in [5.41, 5.74) is 6.09. The van der Waals surface area contributed by atoms with Gasteiger partial charge in [0.05, 0.1) is 0 Å². The van der Waals surface area contributed by atoms with Crippen LogP contribution < -0.4 is 5.32 Å². The molecular formula is C25H21N. The Hall–Kier alpha value is -3.32. The van der Waals surface area contributed by atoms with E-state index in [1.54, 1.807) is 0 Å². The number of anilines is 2. The van der Waals surface area contributed by atoms with Crippen LogP contribution in [0.4, 0.5) is 11.4 Å². The standard InChI is InChI=1S/C25H21N/c1-4-12-20(13-5-1)25(21-14-6-2-7-15-21)23-18-10-11-19-24(23)26-22-16-8-3-9-17-22/h1-19,25-26H. The van der Waals surface area contributed by atoms with Crippen molar-refractivity contribution in [3.05, 3.63) is 132 Å². The highest BCUT2D eigenvalue weighted by molar-refractivity contribution is 5.66. The fraction of sp³-hybridized carbons (Fsp3) is 0.0400. The summed E-state index contributed by atoms with van der Waals surface area (Å²) in [6, 6.07) is 40.3. The van der Waals surface area contributed by atoms with E-state index in [-0.39, 0.29) is 5.92 Å². The smallest absolute Gasteiger partial charge is 0.0426 e. The largest absolute Gasteiger partial charge is 0.355 e. The maximum absolute atomic E-state index is 3.59. The second kappa shape index (κ2) is 7.71. The highest BCUT2D eigenvalue weighted by Crippen LogP contribution is 2.36. The molecule has 0 aliphatic rings. The van der Waals surface area contributed by atoms with E-state index >= 15 is 0 Å². The third-order valence-corrected chi connectivity index (χ3v) is 4.59. The average molecular weight is 335 g/mol. The second-order valence-electron chi connectivity index (χ2n) is 6.33. The molecule has 4 rings (SSSR count). The molecule has 126 valence electrons. The minimum absolute atomic E-state index is 0.185. The van der Waals surface area contributed by atoms with Gasteiger partial charge in [-0.3, -0.25) is 0 Å². The van der Waals surface area contributed by atoms with Crippen molar-refractivity contribution in [1.29, 1.82) is 0 Å². The Morgan fingerprint density at radius 2 is 0.923 bits per heavy atom. The van der Waals surface area contributed by atoms with E-state index < -0.39 is 0 Å². The molecule has 0 spiro atoms. The summed E-state index contributed by atoms with van der Waals surface area (Å²) in [5.74, 6) is 0.185. The van der Waals surface area contributed by atoms with Crippen LogP contribution in [-0.2, 0) is 0 Å². The van der Waals surface area contributed by atoms with Gasteiger partial charge in [-0.15, -0.1) is 0 Å². The van der Waals surface area contributed by atoms with Gasteiger partial charge in [0.25, 0.3) is 0 Å². The molecule has 0 heterocycles. The molecule has 0 aliphatic carbocycles. The first kappa shape index (κ1) is 16.2. The highest BCUT2D eigenvalue weighted by Gasteiger charge is 2.19. The molecule has 0 aromatic heterocycles. The quantitative estimate of drug-likeness (QED) is 0.405. The van der Waals surface area contributed by atoms with E-state index in [4.69, 9.17) is 0 Å². The number of hydrogen-bond donors (Lipinski definition) is 1. The molecule has 1 N–H and O–H groups in total. The lowest BCUT2D eigenvalue weighted by Crippen LogP contribution is -2.06. The topological polar surface area (TPSA) is 12.0 Å². The van der Waals surface area contributed by atoms with Crippen molar-refractivity contribution in [1.82, 2.24) is 0 Å². The van der Waals surface area contributed by atoms with E-state index in [1.165, 1.54) is 16.7 Å². The van der Waals surface area contributed by atoms with Crippen LogP contribution in [0.5, 0.6) is 0 Å². The summed E-state index contributed by atoms with van der Waals surface area (Å²) >= 11 is 0. The summed E-state index contributed by atoms with van der Waals surface area (Å²) in [6.45, 7) is 0. The number of rotatable bonds is 5. The summed E-state index contributed by atoms with van der Waals surface area (Å²) < 4.78 is 0. The predicted octanol–water partition coefficient (Wildman–Crippen LogP) is 6.61. The fourth-order valence-corrected chi connectivity index (χ4v) is 3.38. The molecule has 1 heteroatoms. The molecule has 0 unspecified atom stereocenters. The molecule has 26 heavy (non-hydrogen) atoms. The van der Waals surface area contributed by atoms with Crippen LogP contribution in [0.3, 0.4) is 0 Å². The highest BCUT2D eigenvalue weighted by atomic mass is 14.9. The van der Waals surface area contributed by atoms with Gasteiger partial charge in [-0.2, -0.15) is 0 Å². The Morgan fingerprint density at radius 1 is 0.462 bits per heavy atom. The Morgan fingerprint density at radius 3 is 1.50 bits per heavy atom. The van der Waals surface area contributed by atoms with Crippen molar-refractivity contribution in [2.45, 2.75) is 5.92 Å². The van der Waals surface area contributed by atoms with E-state index in [2.05, 4.69) is 115 Å². The predicted molar refractivity (Wildman–Crippen MR) is 110 cm³/mol. The van der Waals surface area contributed by atoms with Gasteiger partial charge in [0.15, 0.2) is 0 Å². The Kier molecular flexibility index (Phi) is 4.79. The van der Waals surface area contributed by atoms with Gasteiger partial charge in [0, 0.05) is 17.3 Å². The number of para-hydroxylation sites is 2. The Balaban J connectivity index is 1.82. The first-order valence-electron chi connectivity index (χ1n) is 8.93. The molecule has 4 aromatic carbocycles. The Bertz CT molecular complexity index is 907. The van der Waals surface area contributed by atoms with Gasteiger partial charge in [0.1, 0.15) is 0 Å². The molecule has 0 atom stereocenters. The van der Waals surface area contributed by atoms with Crippen LogP contribution in [0, 0.1) is 0 Å². The van der Waals surface area contributed by atoms with Crippen LogP contribution in [0.15, 0.2) is 115 Å². The number of benzene rings is 4. The molecule has 0 radical (unpaired) electrons. The summed E-state index contributed by atoms with van der Waals surface area (Å²) in [5, 5.41) is 3.59. The second-order valence-corrected chi connectivity index (χ2v) is 6.33. The van der Waals surface area contributed by atoms with Gasteiger partial charge < -0.3 is 5.32 Å². The third-order valence-electron chi connectivity index (χ3n) is 4.59. The lowest BCUT2D eigenvalue weighted by atomic mass is 9.84. The van der Waals surface area contributed by atoms with Crippen molar-refractivity contribution >= 4 is 11.4 Å². The fourth-order valence-electron chi connectivity index (χ4n) is 3.38. The van der Waals surface area contributed by atoms with Gasteiger partial charge in [-0.25, -0.2) is 0 Å². The zero-order chi connectivity index (χ0) is 17.6. The zero-order valence-corrected chi connectivity index (χ0v) is 14.5. The number of hydrogen-bond acceptors (Lipinski definition) is 1. The lowest BCUT2D eigenvalue weighted by Gasteiger charge is -2.22. The minimum atomic E-state index is 0.185. The molecule has 4 aromatic rings. The minimum Gasteiger partial charge on any atom is -0.355 e. The molecule has 0 aliphatic heterocycles. The Labute approximate surface area is 155 Å². The zero-order valence-electron chi connectivity index (χ0n) is 14.5. The first-order valence-corrected chi connectivity index (χ1v) is 8.93. The molecule has 0 amide bonds. The van der Waals surface area contributed by atoms with E-state index in [1.807, 2.05) is 6.07 Å². The van der Waals surface area contributed by atoms with Crippen LogP contribution in [0.25, 0.3) is 0 Å². The molecule has 0 fully saturated rings. The van der Waals surface area contributed by atoms with Crippen molar-refractivity contribution in [3.8, 4) is 0 Å². The van der Waals surface area contributed by atoms with Gasteiger partial charge >= 0.3 is 0 Å². The van der Waals surface area contributed by atoms with Crippen LogP contribution in [0.2, 0.25) is 0 Å². The normalized spacial score (nSPS) is 10.7. The van der Waals surface area contributed by atoms with Gasteiger partial charge in [-0.05, 0) is 34.9 Å². The number of nitrogens with one attached hydrogen (secondary N) is 1. The van der Waals surface area contributed by atoms with Crippen LogP contribution in [0.1, 0.15) is 22.6 Å². The molecular weight excluding hydrogens is 314 g/mol. The third kappa shape index (κ3) is 3.52. The summed E-state index contributed by atoms with van der Waals surface area (Å²) in [7, 11) is 0. The van der Waals surface area contributed by atoms with Gasteiger partial charge in [0.2, 0.25) is 0 Å². The van der Waals surface area contributed by atoms with Crippen molar-refractivity contribution < 1.29 is 0 Å². The molecule has 0 bridgehead atoms. The van der Waals surface area contributed by atoms with Crippen LogP contribution in [-0.4, -0.2) is 0 Å². The molecule has 0 saturated carbocycles. The summed E-state index contributed by atoms with van der Waals surface area (Å²) in [4.78, 5) is 0. The molecule has 1 nitrogen and oxygen atoms in total. The maximum Gasteiger partial charge on any atom is 0.0426 e. The van der Waals surface area contributed by atoms with E-state index in [9.17, 15) is 0 Å². The van der Waals surface area contributed by atoms with Crippen LogP contribution >= 0.6 is 0 Å². The van der Waals surface area contributed by atoms with Crippen molar-refractivity contribution in [2.75, 3.05) is 5.32 Å². The van der Waals surface area contributed by atoms with E-state index in [0.29, 0.717) is 0 Å². The van der Waals surface area contributed by atoms with Gasteiger partial charge in [-0.1, -0.05) is 97.1 Å². The SMILES string of the molecule is c1ccc(Nc2ccccc2C(c2ccccc2)c2ccccc2)cc1. The first-order chi connectivity index (χ1) is 12.9. The molecule has 0 saturated heterocycles. The van der Waals surface area contributed by atoms with E-state index in [0.717, 1.165) is 11.4 Å².